The molecule has 65 heavy (non-hydrogen) atoms. The van der Waals surface area contributed by atoms with E-state index in [2.05, 4.69) is 231 Å². The Morgan fingerprint density at radius 2 is 0.677 bits per heavy atom. The number of hydrogen-bond acceptors (Lipinski definition) is 1. The number of fused-ring (bicyclic) bond motifs is 14. The van der Waals surface area contributed by atoms with Crippen molar-refractivity contribution in [2.24, 2.45) is 0 Å². The summed E-state index contributed by atoms with van der Waals surface area (Å²) < 4.78 is 2.67. The van der Waals surface area contributed by atoms with Gasteiger partial charge >= 0.3 is 0 Å². The lowest BCUT2D eigenvalue weighted by Gasteiger charge is -2.19. The summed E-state index contributed by atoms with van der Waals surface area (Å²) in [5, 5.41) is 20.6. The summed E-state index contributed by atoms with van der Waals surface area (Å²) in [7, 11) is 0. The molecular formula is C64H38S. The molecule has 0 bridgehead atoms. The van der Waals surface area contributed by atoms with Crippen molar-refractivity contribution >= 4 is 107 Å². The lowest BCUT2D eigenvalue weighted by atomic mass is 9.84. The van der Waals surface area contributed by atoms with Crippen LogP contribution in [0.2, 0.25) is 0 Å². The fourth-order valence-corrected chi connectivity index (χ4v) is 12.2. The van der Waals surface area contributed by atoms with Crippen LogP contribution >= 0.6 is 11.3 Å². The Hall–Kier alpha value is -8.10. The van der Waals surface area contributed by atoms with Crippen LogP contribution in [0.1, 0.15) is 0 Å². The third-order valence-electron chi connectivity index (χ3n) is 14.0. The molecule has 300 valence electrons. The lowest BCUT2D eigenvalue weighted by Crippen LogP contribution is -1.91. The van der Waals surface area contributed by atoms with E-state index in [1.165, 1.54) is 140 Å². The van der Waals surface area contributed by atoms with Crippen molar-refractivity contribution in [2.75, 3.05) is 0 Å². The van der Waals surface area contributed by atoms with E-state index in [-0.39, 0.29) is 0 Å². The molecule has 14 aromatic rings. The minimum atomic E-state index is 1.21. The van der Waals surface area contributed by atoms with E-state index in [0.29, 0.717) is 0 Å². The Bertz CT molecular complexity index is 4210. The van der Waals surface area contributed by atoms with Gasteiger partial charge in [-0.1, -0.05) is 200 Å². The highest BCUT2D eigenvalue weighted by Gasteiger charge is 2.19. The molecule has 0 saturated heterocycles. The molecule has 0 aliphatic heterocycles. The third-order valence-corrected chi connectivity index (χ3v) is 15.2. The summed E-state index contributed by atoms with van der Waals surface area (Å²) in [6.07, 6.45) is 0. The molecule has 1 heterocycles. The van der Waals surface area contributed by atoms with Crippen LogP contribution < -0.4 is 0 Å². The van der Waals surface area contributed by atoms with Crippen LogP contribution in [0.3, 0.4) is 0 Å². The fourth-order valence-electron chi connectivity index (χ4n) is 11.0. The van der Waals surface area contributed by atoms with Crippen LogP contribution in [-0.4, -0.2) is 0 Å². The minimum absolute atomic E-state index is 1.21. The average Bonchev–Trinajstić information content (AvgIpc) is 3.75. The molecule has 0 saturated carbocycles. The topological polar surface area (TPSA) is 0 Å². The first kappa shape index (κ1) is 36.4. The predicted molar refractivity (Wildman–Crippen MR) is 284 cm³/mol. The highest BCUT2D eigenvalue weighted by molar-refractivity contribution is 7.25. The normalized spacial score (nSPS) is 12.0. The number of benzene rings is 13. The van der Waals surface area contributed by atoms with Crippen molar-refractivity contribution in [2.45, 2.75) is 0 Å². The first-order chi connectivity index (χ1) is 32.2. The van der Waals surface area contributed by atoms with E-state index in [1.54, 1.807) is 0 Å². The van der Waals surface area contributed by atoms with Crippen molar-refractivity contribution in [3.63, 3.8) is 0 Å². The maximum atomic E-state index is 2.46. The van der Waals surface area contributed by atoms with Gasteiger partial charge < -0.3 is 0 Å². The molecule has 0 unspecified atom stereocenters. The Balaban J connectivity index is 0.919. The number of hydrogen-bond donors (Lipinski definition) is 0. The van der Waals surface area contributed by atoms with Crippen molar-refractivity contribution in [1.82, 2.24) is 0 Å². The maximum absolute atomic E-state index is 2.46. The molecule has 0 spiro atoms. The molecular weight excluding hydrogens is 801 g/mol. The largest absolute Gasteiger partial charge is 0.135 e. The molecule has 0 N–H and O–H groups in total. The van der Waals surface area contributed by atoms with Gasteiger partial charge in [0, 0.05) is 20.2 Å². The highest BCUT2D eigenvalue weighted by atomic mass is 32.1. The first-order valence-corrected chi connectivity index (χ1v) is 23.3. The van der Waals surface area contributed by atoms with Gasteiger partial charge in [0.2, 0.25) is 0 Å². The molecule has 14 rings (SSSR count). The summed E-state index contributed by atoms with van der Waals surface area (Å²) in [6, 6.07) is 86.1. The quantitative estimate of drug-likeness (QED) is 0.122. The number of thiophene rings is 1. The van der Waals surface area contributed by atoms with Crippen molar-refractivity contribution in [1.29, 1.82) is 0 Å². The van der Waals surface area contributed by atoms with E-state index < -0.39 is 0 Å². The zero-order chi connectivity index (χ0) is 42.6. The van der Waals surface area contributed by atoms with Crippen molar-refractivity contribution in [3.05, 3.63) is 231 Å². The van der Waals surface area contributed by atoms with Gasteiger partial charge in [-0.3, -0.25) is 0 Å². The first-order valence-electron chi connectivity index (χ1n) is 22.5. The molecule has 0 amide bonds. The summed E-state index contributed by atoms with van der Waals surface area (Å²) in [6.45, 7) is 0. The van der Waals surface area contributed by atoms with E-state index in [9.17, 15) is 0 Å². The molecule has 0 aliphatic carbocycles. The van der Waals surface area contributed by atoms with E-state index in [1.807, 2.05) is 11.3 Å². The Morgan fingerprint density at radius 1 is 0.200 bits per heavy atom. The van der Waals surface area contributed by atoms with Gasteiger partial charge in [0.25, 0.3) is 0 Å². The molecule has 1 aromatic heterocycles. The van der Waals surface area contributed by atoms with Crippen LogP contribution in [0.5, 0.6) is 0 Å². The third kappa shape index (κ3) is 5.56. The highest BCUT2D eigenvalue weighted by Crippen LogP contribution is 2.47. The van der Waals surface area contributed by atoms with Crippen molar-refractivity contribution < 1.29 is 0 Å². The van der Waals surface area contributed by atoms with Gasteiger partial charge in [-0.2, -0.15) is 0 Å². The molecule has 1 heteroatoms. The van der Waals surface area contributed by atoms with Crippen LogP contribution in [0.4, 0.5) is 0 Å². The standard InChI is InChI=1S/C64H38S/c1-2-13-40(14-3-1)45-22-12-23-46-49(45)33-31-41-27-30-43(35-56(41)46)39-25-28-42(29-26-39)63-52-18-6-8-20-54(52)64(55-21-9-7-19-53(55)63)44-32-34-50-57(36-44)47-15-4-5-16-48(47)58-37-60-51-17-10-11-24-61(51)65-62(60)38-59(50)58/h1-38H. The average molecular weight is 839 g/mol. The number of rotatable bonds is 4. The van der Waals surface area contributed by atoms with E-state index in [4.69, 9.17) is 0 Å². The minimum Gasteiger partial charge on any atom is -0.135 e. The van der Waals surface area contributed by atoms with Gasteiger partial charge in [0.15, 0.2) is 0 Å². The lowest BCUT2D eigenvalue weighted by molar-refractivity contribution is 1.63. The second-order valence-electron chi connectivity index (χ2n) is 17.5. The Morgan fingerprint density at radius 3 is 1.40 bits per heavy atom. The van der Waals surface area contributed by atoms with Crippen LogP contribution in [-0.2, 0) is 0 Å². The predicted octanol–water partition coefficient (Wildman–Crippen LogP) is 18.8. The second kappa shape index (κ2) is 14.2. The Kier molecular flexibility index (Phi) is 7.95. The smallest absolute Gasteiger partial charge is 0.0362 e. The molecule has 0 fully saturated rings. The van der Waals surface area contributed by atoms with Gasteiger partial charge in [-0.25, -0.2) is 0 Å². The van der Waals surface area contributed by atoms with Crippen molar-refractivity contribution in [3.8, 4) is 44.5 Å². The SMILES string of the molecule is c1ccc(-c2cccc3c2ccc2ccc(-c4ccc(-c5c6ccccc6c(-c6ccc7c(c6)c6ccccc6c6cc8c(cc76)sc6ccccc68)c6ccccc56)cc4)cc23)cc1. The van der Waals surface area contributed by atoms with Gasteiger partial charge in [0.05, 0.1) is 0 Å². The fraction of sp³-hybridized carbons (Fsp3) is 0. The second-order valence-corrected chi connectivity index (χ2v) is 18.6. The van der Waals surface area contributed by atoms with E-state index in [0.717, 1.165) is 0 Å². The van der Waals surface area contributed by atoms with Crippen LogP contribution in [0.15, 0.2) is 231 Å². The maximum Gasteiger partial charge on any atom is 0.0362 e. The zero-order valence-corrected chi connectivity index (χ0v) is 36.2. The summed E-state index contributed by atoms with van der Waals surface area (Å²) in [5.74, 6) is 0. The molecule has 0 radical (unpaired) electrons. The van der Waals surface area contributed by atoms with Gasteiger partial charge in [-0.15, -0.1) is 11.3 Å². The summed E-state index contributed by atoms with van der Waals surface area (Å²) in [5.41, 5.74) is 9.94. The summed E-state index contributed by atoms with van der Waals surface area (Å²) >= 11 is 1.89. The molecule has 0 aliphatic rings. The monoisotopic (exact) mass is 838 g/mol. The molecule has 0 nitrogen and oxygen atoms in total. The zero-order valence-electron chi connectivity index (χ0n) is 35.3. The van der Waals surface area contributed by atoms with Crippen LogP contribution in [0.25, 0.3) is 140 Å². The van der Waals surface area contributed by atoms with Crippen LogP contribution in [0, 0.1) is 0 Å². The summed E-state index contributed by atoms with van der Waals surface area (Å²) in [4.78, 5) is 0. The molecule has 0 atom stereocenters. The Labute approximate surface area is 379 Å². The molecule has 13 aromatic carbocycles. The van der Waals surface area contributed by atoms with E-state index >= 15 is 0 Å². The van der Waals surface area contributed by atoms with Gasteiger partial charge in [0.1, 0.15) is 0 Å². The van der Waals surface area contributed by atoms with Gasteiger partial charge in [-0.05, 0) is 150 Å².